The van der Waals surface area contributed by atoms with Gasteiger partial charge in [0.25, 0.3) is 0 Å². The molecule has 1 N–H and O–H groups in total. The molecule has 2 heteroatoms. The Hall–Kier alpha value is -1.02. The van der Waals surface area contributed by atoms with Gasteiger partial charge in [0.05, 0.1) is 11.7 Å². The first kappa shape index (κ1) is 13.0. The lowest BCUT2D eigenvalue weighted by molar-refractivity contribution is 0.0280. The molecule has 0 bridgehead atoms. The predicted octanol–water partition coefficient (Wildman–Crippen LogP) is 3.48. The summed E-state index contributed by atoms with van der Waals surface area (Å²) < 4.78 is 5.63. The molecule has 0 spiro atoms. The molecule has 2 nitrogen and oxygen atoms in total. The molecule has 90 valence electrons. The van der Waals surface area contributed by atoms with Crippen molar-refractivity contribution in [3.63, 3.8) is 0 Å². The summed E-state index contributed by atoms with van der Waals surface area (Å²) in [5.41, 5.74) is 0.215. The largest absolute Gasteiger partial charge is 0.491 e. The molecule has 0 aromatic heterocycles. The summed E-state index contributed by atoms with van der Waals surface area (Å²) >= 11 is 0. The van der Waals surface area contributed by atoms with Crippen molar-refractivity contribution in [1.29, 1.82) is 0 Å². The SMILES string of the molecule is CCC(O)(CC)c1cccc(OC(C)C)c1. The lowest BCUT2D eigenvalue weighted by atomic mass is 9.88. The minimum atomic E-state index is -0.726. The summed E-state index contributed by atoms with van der Waals surface area (Å²) in [5, 5.41) is 10.4. The van der Waals surface area contributed by atoms with Gasteiger partial charge in [-0.25, -0.2) is 0 Å². The van der Waals surface area contributed by atoms with Gasteiger partial charge in [-0.05, 0) is 44.4 Å². The van der Waals surface area contributed by atoms with Crippen LogP contribution < -0.4 is 4.74 Å². The third kappa shape index (κ3) is 2.99. The second-order valence-corrected chi connectivity index (χ2v) is 4.43. The molecule has 0 unspecified atom stereocenters. The fourth-order valence-corrected chi connectivity index (χ4v) is 1.79. The van der Waals surface area contributed by atoms with E-state index in [2.05, 4.69) is 0 Å². The number of benzene rings is 1. The normalized spacial score (nSPS) is 11.9. The average molecular weight is 222 g/mol. The Kier molecular flexibility index (Phi) is 4.36. The first-order valence-electron chi connectivity index (χ1n) is 6.01. The lowest BCUT2D eigenvalue weighted by Crippen LogP contribution is -2.23. The first-order chi connectivity index (χ1) is 7.51. The zero-order valence-electron chi connectivity index (χ0n) is 10.7. The summed E-state index contributed by atoms with van der Waals surface area (Å²) in [6.45, 7) is 8.00. The molecule has 1 aromatic rings. The minimum absolute atomic E-state index is 0.159. The topological polar surface area (TPSA) is 29.5 Å². The van der Waals surface area contributed by atoms with E-state index in [0.29, 0.717) is 12.8 Å². The van der Waals surface area contributed by atoms with E-state index in [4.69, 9.17) is 4.74 Å². The van der Waals surface area contributed by atoms with Crippen LogP contribution in [0.15, 0.2) is 24.3 Å². The van der Waals surface area contributed by atoms with Crippen molar-refractivity contribution >= 4 is 0 Å². The van der Waals surface area contributed by atoms with Gasteiger partial charge >= 0.3 is 0 Å². The van der Waals surface area contributed by atoms with Gasteiger partial charge in [0.15, 0.2) is 0 Å². The van der Waals surface area contributed by atoms with Gasteiger partial charge < -0.3 is 9.84 Å². The molecule has 0 saturated heterocycles. The van der Waals surface area contributed by atoms with Crippen LogP contribution in [0, 0.1) is 0 Å². The number of hydrogen-bond donors (Lipinski definition) is 1. The standard InChI is InChI=1S/C14H22O2/c1-5-14(15,6-2)12-8-7-9-13(10-12)16-11(3)4/h7-11,15H,5-6H2,1-4H3. The molecule has 0 amide bonds. The van der Waals surface area contributed by atoms with Crippen molar-refractivity contribution in [2.24, 2.45) is 0 Å². The van der Waals surface area contributed by atoms with E-state index in [-0.39, 0.29) is 6.10 Å². The number of rotatable bonds is 5. The summed E-state index contributed by atoms with van der Waals surface area (Å²) in [4.78, 5) is 0. The Morgan fingerprint density at radius 2 is 1.88 bits per heavy atom. The third-order valence-electron chi connectivity index (χ3n) is 2.91. The Morgan fingerprint density at radius 1 is 1.25 bits per heavy atom. The molecular formula is C14H22O2. The van der Waals surface area contributed by atoms with E-state index in [1.165, 1.54) is 0 Å². The van der Waals surface area contributed by atoms with Gasteiger partial charge in [0, 0.05) is 0 Å². The Balaban J connectivity index is 2.97. The molecule has 1 aromatic carbocycles. The van der Waals surface area contributed by atoms with Gasteiger partial charge in [0.2, 0.25) is 0 Å². The molecular weight excluding hydrogens is 200 g/mol. The Morgan fingerprint density at radius 3 is 2.38 bits per heavy atom. The van der Waals surface area contributed by atoms with Gasteiger partial charge in [-0.2, -0.15) is 0 Å². The highest BCUT2D eigenvalue weighted by Crippen LogP contribution is 2.30. The Labute approximate surface area is 98.3 Å². The van der Waals surface area contributed by atoms with Crippen LogP contribution in [-0.4, -0.2) is 11.2 Å². The summed E-state index contributed by atoms with van der Waals surface area (Å²) in [5.74, 6) is 0.827. The molecule has 0 saturated carbocycles. The van der Waals surface area contributed by atoms with Crippen molar-refractivity contribution in [2.45, 2.75) is 52.2 Å². The summed E-state index contributed by atoms with van der Waals surface area (Å²) in [6.07, 6.45) is 1.59. The van der Waals surface area contributed by atoms with Gasteiger partial charge in [-0.3, -0.25) is 0 Å². The van der Waals surface area contributed by atoms with E-state index in [1.54, 1.807) is 0 Å². The van der Waals surface area contributed by atoms with E-state index in [1.807, 2.05) is 52.0 Å². The molecule has 0 aliphatic rings. The van der Waals surface area contributed by atoms with Crippen molar-refractivity contribution in [3.8, 4) is 5.75 Å². The zero-order chi connectivity index (χ0) is 12.2. The van der Waals surface area contributed by atoms with Crippen molar-refractivity contribution in [3.05, 3.63) is 29.8 Å². The van der Waals surface area contributed by atoms with E-state index in [0.717, 1.165) is 11.3 Å². The zero-order valence-corrected chi connectivity index (χ0v) is 10.7. The van der Waals surface area contributed by atoms with Crippen LogP contribution in [0.25, 0.3) is 0 Å². The highest BCUT2D eigenvalue weighted by atomic mass is 16.5. The van der Waals surface area contributed by atoms with Crippen LogP contribution >= 0.6 is 0 Å². The molecule has 1 rings (SSSR count). The summed E-state index contributed by atoms with van der Waals surface area (Å²) in [7, 11) is 0. The first-order valence-corrected chi connectivity index (χ1v) is 6.01. The van der Waals surface area contributed by atoms with Gasteiger partial charge in [-0.1, -0.05) is 26.0 Å². The maximum atomic E-state index is 10.4. The smallest absolute Gasteiger partial charge is 0.120 e. The predicted molar refractivity (Wildman–Crippen MR) is 66.7 cm³/mol. The third-order valence-corrected chi connectivity index (χ3v) is 2.91. The maximum absolute atomic E-state index is 10.4. The minimum Gasteiger partial charge on any atom is -0.491 e. The highest BCUT2D eigenvalue weighted by molar-refractivity contribution is 5.32. The molecule has 0 radical (unpaired) electrons. The van der Waals surface area contributed by atoms with Crippen LogP contribution in [0.4, 0.5) is 0 Å². The van der Waals surface area contributed by atoms with E-state index < -0.39 is 5.60 Å². The van der Waals surface area contributed by atoms with Crippen molar-refractivity contribution in [2.75, 3.05) is 0 Å². The second-order valence-electron chi connectivity index (χ2n) is 4.43. The molecule has 0 heterocycles. The maximum Gasteiger partial charge on any atom is 0.120 e. The van der Waals surface area contributed by atoms with E-state index in [9.17, 15) is 5.11 Å². The molecule has 0 atom stereocenters. The van der Waals surface area contributed by atoms with Gasteiger partial charge in [-0.15, -0.1) is 0 Å². The van der Waals surface area contributed by atoms with Crippen LogP contribution in [0.3, 0.4) is 0 Å². The number of aliphatic hydroxyl groups is 1. The molecule has 0 aliphatic carbocycles. The number of hydrogen-bond acceptors (Lipinski definition) is 2. The monoisotopic (exact) mass is 222 g/mol. The van der Waals surface area contributed by atoms with Crippen LogP contribution in [0.5, 0.6) is 5.75 Å². The van der Waals surface area contributed by atoms with Crippen LogP contribution in [0.1, 0.15) is 46.1 Å². The fraction of sp³-hybridized carbons (Fsp3) is 0.571. The summed E-state index contributed by atoms with van der Waals surface area (Å²) in [6, 6.07) is 7.76. The lowest BCUT2D eigenvalue weighted by Gasteiger charge is -2.26. The van der Waals surface area contributed by atoms with E-state index >= 15 is 0 Å². The average Bonchev–Trinajstić information content (AvgIpc) is 2.27. The Bertz CT molecular complexity index is 327. The molecule has 0 fully saturated rings. The second kappa shape index (κ2) is 5.35. The number of ether oxygens (including phenoxy) is 1. The van der Waals surface area contributed by atoms with Gasteiger partial charge in [0.1, 0.15) is 5.75 Å². The van der Waals surface area contributed by atoms with Crippen LogP contribution in [0.2, 0.25) is 0 Å². The van der Waals surface area contributed by atoms with Crippen molar-refractivity contribution < 1.29 is 9.84 Å². The highest BCUT2D eigenvalue weighted by Gasteiger charge is 2.24. The molecule has 0 aliphatic heterocycles. The van der Waals surface area contributed by atoms with Crippen molar-refractivity contribution in [1.82, 2.24) is 0 Å². The van der Waals surface area contributed by atoms with Crippen LogP contribution in [-0.2, 0) is 5.60 Å². The molecule has 16 heavy (non-hydrogen) atoms. The quantitative estimate of drug-likeness (QED) is 0.826. The fourth-order valence-electron chi connectivity index (χ4n) is 1.79.